The van der Waals surface area contributed by atoms with E-state index in [-0.39, 0.29) is 64.1 Å². The number of fused-ring (bicyclic) bond motifs is 5. The molecule has 5 fully saturated rings. The summed E-state index contributed by atoms with van der Waals surface area (Å²) < 4.78 is 18.1. The molecule has 2 saturated heterocycles. The third-order valence-electron chi connectivity index (χ3n) is 12.8. The van der Waals surface area contributed by atoms with Gasteiger partial charge in [0.05, 0.1) is 17.8 Å². The van der Waals surface area contributed by atoms with Gasteiger partial charge in [-0.3, -0.25) is 9.59 Å². The van der Waals surface area contributed by atoms with Gasteiger partial charge in [0, 0.05) is 36.0 Å². The lowest BCUT2D eigenvalue weighted by molar-refractivity contribution is -0.229. The van der Waals surface area contributed by atoms with Crippen molar-refractivity contribution >= 4 is 11.8 Å². The first-order chi connectivity index (χ1) is 18.0. The van der Waals surface area contributed by atoms with Crippen molar-refractivity contribution < 1.29 is 34.0 Å². The van der Waals surface area contributed by atoms with E-state index in [0.29, 0.717) is 19.3 Å². The molecule has 218 valence electrons. The third-order valence-corrected chi connectivity index (χ3v) is 12.8. The van der Waals surface area contributed by atoms with E-state index in [9.17, 15) is 19.8 Å². The van der Waals surface area contributed by atoms with Crippen LogP contribution in [0.1, 0.15) is 93.9 Å². The number of aliphatic hydroxyl groups excluding tert-OH is 2. The van der Waals surface area contributed by atoms with Crippen molar-refractivity contribution in [2.75, 3.05) is 0 Å². The molecule has 2 N–H and O–H groups in total. The molecule has 0 amide bonds. The van der Waals surface area contributed by atoms with Gasteiger partial charge >= 0.3 is 5.97 Å². The smallest absolute Gasteiger partial charge is 0.302 e. The van der Waals surface area contributed by atoms with Crippen LogP contribution in [0.4, 0.5) is 0 Å². The zero-order valence-electron chi connectivity index (χ0n) is 25.0. The summed E-state index contributed by atoms with van der Waals surface area (Å²) in [5.41, 5.74) is -0.702. The number of carbonyl (C=O) groups is 2. The molecule has 6 aliphatic rings. The number of ether oxygens (including phenoxy) is 3. The molecule has 12 atom stereocenters. The van der Waals surface area contributed by atoms with Gasteiger partial charge < -0.3 is 24.4 Å². The van der Waals surface area contributed by atoms with Gasteiger partial charge in [-0.05, 0) is 68.6 Å². The van der Waals surface area contributed by atoms with Crippen molar-refractivity contribution in [2.45, 2.75) is 130 Å². The van der Waals surface area contributed by atoms with Crippen molar-refractivity contribution in [3.63, 3.8) is 0 Å². The average molecular weight is 545 g/mol. The molecule has 12 unspecified atom stereocenters. The Bertz CT molecular complexity index is 1110. The molecule has 7 nitrogen and oxygen atoms in total. The second-order valence-corrected chi connectivity index (χ2v) is 15.6. The molecule has 7 heteroatoms. The second-order valence-electron chi connectivity index (χ2n) is 15.6. The van der Waals surface area contributed by atoms with Crippen LogP contribution in [0.15, 0.2) is 11.6 Å². The van der Waals surface area contributed by atoms with Crippen LogP contribution in [0, 0.1) is 45.3 Å². The molecule has 0 bridgehead atoms. The topological polar surface area (TPSA) is 106 Å². The number of allylic oxidation sites excluding steroid dienone is 1. The Labute approximate surface area is 233 Å². The van der Waals surface area contributed by atoms with Crippen LogP contribution in [0.25, 0.3) is 0 Å². The standard InChI is InChI=1S/C32H48O7/c1-16(33)37-24-14-22-28(2,3)23(35)11-12-30(22,6)25-19(34)15-31(7)18(9-10-21(31)32(24,25)8)17-13-20(38-27(17)36)26-29(4,5)39-26/h10,17-20,22,24-27,34,36H,9,11-15H2,1-8H3. The number of ketones is 1. The lowest BCUT2D eigenvalue weighted by atomic mass is 9.36. The Balaban J connectivity index is 1.38. The molecule has 2 aliphatic heterocycles. The number of aliphatic hydroxyl groups is 2. The molecule has 2 heterocycles. The van der Waals surface area contributed by atoms with E-state index in [0.717, 1.165) is 19.3 Å². The summed E-state index contributed by atoms with van der Waals surface area (Å²) >= 11 is 0. The Kier molecular flexibility index (Phi) is 6.00. The number of carbonyl (C=O) groups excluding carboxylic acids is 2. The molecule has 4 aliphatic carbocycles. The fourth-order valence-electron chi connectivity index (χ4n) is 11.1. The highest BCUT2D eigenvalue weighted by Gasteiger charge is 2.72. The van der Waals surface area contributed by atoms with E-state index in [1.54, 1.807) is 0 Å². The van der Waals surface area contributed by atoms with E-state index in [1.807, 2.05) is 13.8 Å². The van der Waals surface area contributed by atoms with Crippen LogP contribution < -0.4 is 0 Å². The Morgan fingerprint density at radius 2 is 1.74 bits per heavy atom. The number of Topliss-reactive ketones (excluding diaryl/α,β-unsaturated/α-hetero) is 1. The number of esters is 1. The quantitative estimate of drug-likeness (QED) is 0.305. The summed E-state index contributed by atoms with van der Waals surface area (Å²) in [6.07, 6.45) is 4.28. The van der Waals surface area contributed by atoms with E-state index in [4.69, 9.17) is 14.2 Å². The summed E-state index contributed by atoms with van der Waals surface area (Å²) in [6, 6.07) is 0. The van der Waals surface area contributed by atoms with Gasteiger partial charge in [-0.2, -0.15) is 0 Å². The molecule has 0 radical (unpaired) electrons. The Hall–Kier alpha value is -1.28. The van der Waals surface area contributed by atoms with Crippen molar-refractivity contribution in [2.24, 2.45) is 45.3 Å². The maximum atomic E-state index is 13.1. The highest BCUT2D eigenvalue weighted by atomic mass is 16.7. The highest BCUT2D eigenvalue weighted by Crippen LogP contribution is 2.73. The van der Waals surface area contributed by atoms with Crippen LogP contribution in [0.3, 0.4) is 0 Å². The first-order valence-electron chi connectivity index (χ1n) is 15.1. The predicted octanol–water partition coefficient (Wildman–Crippen LogP) is 4.57. The molecule has 3 saturated carbocycles. The predicted molar refractivity (Wildman–Crippen MR) is 144 cm³/mol. The summed E-state index contributed by atoms with van der Waals surface area (Å²) in [4.78, 5) is 25.6. The molecule has 0 spiro atoms. The maximum absolute atomic E-state index is 13.1. The van der Waals surface area contributed by atoms with Gasteiger partial charge in [-0.15, -0.1) is 0 Å². The highest BCUT2D eigenvalue weighted by molar-refractivity contribution is 5.85. The normalized spacial score (nSPS) is 53.3. The number of hydrogen-bond donors (Lipinski definition) is 2. The van der Waals surface area contributed by atoms with Gasteiger partial charge in [-0.1, -0.05) is 46.3 Å². The minimum absolute atomic E-state index is 0.00132. The van der Waals surface area contributed by atoms with Crippen LogP contribution in [0.5, 0.6) is 0 Å². The van der Waals surface area contributed by atoms with Crippen molar-refractivity contribution in [1.29, 1.82) is 0 Å². The van der Waals surface area contributed by atoms with Crippen molar-refractivity contribution in [1.82, 2.24) is 0 Å². The van der Waals surface area contributed by atoms with E-state index in [2.05, 4.69) is 40.7 Å². The summed E-state index contributed by atoms with van der Waals surface area (Å²) in [6.45, 7) is 16.4. The fraction of sp³-hybridized carbons (Fsp3) is 0.875. The lowest BCUT2D eigenvalue weighted by Gasteiger charge is -2.68. The first kappa shape index (κ1) is 27.9. The number of rotatable bonds is 3. The van der Waals surface area contributed by atoms with E-state index < -0.39 is 29.3 Å². The number of hydrogen-bond acceptors (Lipinski definition) is 7. The van der Waals surface area contributed by atoms with E-state index >= 15 is 0 Å². The lowest BCUT2D eigenvalue weighted by Crippen LogP contribution is -2.68. The Morgan fingerprint density at radius 1 is 1.08 bits per heavy atom. The molecule has 6 rings (SSSR count). The monoisotopic (exact) mass is 544 g/mol. The van der Waals surface area contributed by atoms with Crippen LogP contribution >= 0.6 is 0 Å². The minimum Gasteiger partial charge on any atom is -0.462 e. The zero-order valence-corrected chi connectivity index (χ0v) is 25.0. The van der Waals surface area contributed by atoms with Crippen LogP contribution in [-0.4, -0.2) is 58.3 Å². The zero-order chi connectivity index (χ0) is 28.5. The molecule has 0 aromatic heterocycles. The van der Waals surface area contributed by atoms with Gasteiger partial charge in [0.15, 0.2) is 6.29 Å². The van der Waals surface area contributed by atoms with Crippen LogP contribution in [0.2, 0.25) is 0 Å². The fourth-order valence-corrected chi connectivity index (χ4v) is 11.1. The van der Waals surface area contributed by atoms with Gasteiger partial charge in [0.2, 0.25) is 0 Å². The van der Waals surface area contributed by atoms with Crippen LogP contribution in [-0.2, 0) is 23.8 Å². The number of epoxide rings is 1. The van der Waals surface area contributed by atoms with E-state index in [1.165, 1.54) is 12.5 Å². The minimum atomic E-state index is -0.866. The molecular weight excluding hydrogens is 496 g/mol. The van der Waals surface area contributed by atoms with Gasteiger partial charge in [0.1, 0.15) is 18.0 Å². The second kappa shape index (κ2) is 8.39. The molecule has 39 heavy (non-hydrogen) atoms. The van der Waals surface area contributed by atoms with Crippen molar-refractivity contribution in [3.05, 3.63) is 11.6 Å². The SMILES string of the molecule is CC(=O)OC1CC2C(C)(C)C(=O)CCC2(C)C2C(O)CC3(C)C(=CCC3C3CC(C4OC4(C)C)OC3O)C12C. The summed E-state index contributed by atoms with van der Waals surface area (Å²) in [7, 11) is 0. The first-order valence-corrected chi connectivity index (χ1v) is 15.1. The largest absolute Gasteiger partial charge is 0.462 e. The molecule has 0 aromatic rings. The van der Waals surface area contributed by atoms with Gasteiger partial charge in [0.25, 0.3) is 0 Å². The van der Waals surface area contributed by atoms with Gasteiger partial charge in [-0.25, -0.2) is 0 Å². The van der Waals surface area contributed by atoms with Crippen molar-refractivity contribution in [3.8, 4) is 0 Å². The third kappa shape index (κ3) is 3.68. The molecule has 0 aromatic carbocycles. The summed E-state index contributed by atoms with van der Waals surface area (Å²) in [5.74, 6) is -0.149. The average Bonchev–Trinajstić information content (AvgIpc) is 3.10. The Morgan fingerprint density at radius 3 is 2.36 bits per heavy atom. The maximum Gasteiger partial charge on any atom is 0.302 e. The summed E-state index contributed by atoms with van der Waals surface area (Å²) in [5, 5.41) is 23.3. The molecular formula is C32H48O7.